The first-order chi connectivity index (χ1) is 10.3. The van der Waals surface area contributed by atoms with E-state index in [0.717, 1.165) is 18.7 Å². The van der Waals surface area contributed by atoms with Crippen LogP contribution in [0.25, 0.3) is 0 Å². The van der Waals surface area contributed by atoms with Gasteiger partial charge in [0.25, 0.3) is 0 Å². The Morgan fingerprint density at radius 3 is 2.68 bits per heavy atom. The fraction of sp³-hybridized carbons (Fsp3) is 0.800. The van der Waals surface area contributed by atoms with E-state index in [1.54, 1.807) is 6.92 Å². The Balaban J connectivity index is 2.55. The maximum Gasteiger partial charge on any atom is 0.472 e. The van der Waals surface area contributed by atoms with Gasteiger partial charge in [-0.1, -0.05) is 20.4 Å². The average molecular weight is 335 g/mol. The Hall–Kier alpha value is -0.680. The van der Waals surface area contributed by atoms with Crippen molar-refractivity contribution in [2.24, 2.45) is 5.92 Å². The van der Waals surface area contributed by atoms with Crippen molar-refractivity contribution in [1.29, 1.82) is 0 Å². The molecular formula is C15H28NO5P. The van der Waals surface area contributed by atoms with Crippen molar-refractivity contribution in [3.63, 3.8) is 0 Å². The number of rotatable bonds is 10. The van der Waals surface area contributed by atoms with Crippen LogP contribution in [0.3, 0.4) is 0 Å². The highest BCUT2D eigenvalue weighted by Crippen LogP contribution is 2.44. The number of allylic oxidation sites excluding steroid dienone is 1. The number of carbonyl (C=O) groups excluding carboxylic acids is 1. The zero-order valence-corrected chi connectivity index (χ0v) is 14.7. The Morgan fingerprint density at radius 2 is 2.09 bits per heavy atom. The van der Waals surface area contributed by atoms with E-state index in [-0.39, 0.29) is 25.0 Å². The van der Waals surface area contributed by atoms with Gasteiger partial charge in [0, 0.05) is 25.1 Å². The first-order valence-electron chi connectivity index (χ1n) is 7.87. The fourth-order valence-corrected chi connectivity index (χ4v) is 3.44. The maximum atomic E-state index is 11.6. The Bertz CT molecular complexity index is 440. The highest BCUT2D eigenvalue weighted by atomic mass is 31.2. The van der Waals surface area contributed by atoms with Crippen molar-refractivity contribution >= 4 is 13.6 Å². The predicted octanol–water partition coefficient (Wildman–Crippen LogP) is 3.12. The van der Waals surface area contributed by atoms with Crippen LogP contribution in [-0.2, 0) is 18.4 Å². The van der Waals surface area contributed by atoms with Crippen LogP contribution in [-0.4, -0.2) is 41.4 Å². The zero-order chi connectivity index (χ0) is 16.8. The number of hydrogen-bond donors (Lipinski definition) is 1. The van der Waals surface area contributed by atoms with Gasteiger partial charge in [0.15, 0.2) is 0 Å². The third-order valence-electron chi connectivity index (χ3n) is 3.84. The van der Waals surface area contributed by atoms with E-state index >= 15 is 0 Å². The standard InChI is InChI=1S/C15H28NO5P/c1-5-15(17)8-7-13(4)16-10-12(3)9-14(16)11-21-22(18,19)20-6-2/h12,14H,4-11H2,1-3H3,(H,18,19)/t12-,14+/m1/s1/i17+2. The van der Waals surface area contributed by atoms with Crippen molar-refractivity contribution in [2.45, 2.75) is 52.5 Å². The molecule has 0 aromatic rings. The molecule has 6 nitrogen and oxygen atoms in total. The molecule has 1 heterocycles. The molecule has 7 heteroatoms. The molecule has 0 radical (unpaired) electrons. The molecule has 1 aliphatic heterocycles. The minimum atomic E-state index is -3.97. The van der Waals surface area contributed by atoms with Crippen molar-refractivity contribution < 1.29 is 23.3 Å². The van der Waals surface area contributed by atoms with Gasteiger partial charge in [-0.05, 0) is 25.7 Å². The number of nitrogens with zero attached hydrogens (tertiary/aromatic N) is 1. The van der Waals surface area contributed by atoms with Gasteiger partial charge in [-0.15, -0.1) is 0 Å². The van der Waals surface area contributed by atoms with Crippen molar-refractivity contribution in [1.82, 2.24) is 4.90 Å². The molecule has 0 spiro atoms. The number of ketones is 1. The molecule has 0 aromatic carbocycles. The number of hydrogen-bond acceptors (Lipinski definition) is 5. The highest BCUT2D eigenvalue weighted by Gasteiger charge is 2.33. The third-order valence-corrected chi connectivity index (χ3v) is 4.90. The molecule has 22 heavy (non-hydrogen) atoms. The second kappa shape index (κ2) is 8.82. The van der Waals surface area contributed by atoms with E-state index < -0.39 is 7.82 Å². The first-order valence-corrected chi connectivity index (χ1v) is 9.36. The molecule has 0 amide bonds. The average Bonchev–Trinajstić information content (AvgIpc) is 2.83. The second-order valence-corrected chi connectivity index (χ2v) is 7.24. The van der Waals surface area contributed by atoms with Crippen LogP contribution >= 0.6 is 7.82 Å². The lowest BCUT2D eigenvalue weighted by molar-refractivity contribution is -0.118. The lowest BCUT2D eigenvalue weighted by Gasteiger charge is -2.28. The lowest BCUT2D eigenvalue weighted by atomic mass is 10.1. The number of likely N-dealkylation sites (tertiary alicyclic amines) is 1. The number of phosphoric ester groups is 1. The number of carbonyl (C=O) groups is 1. The summed E-state index contributed by atoms with van der Waals surface area (Å²) in [4.78, 5) is 23.0. The zero-order valence-electron chi connectivity index (χ0n) is 13.8. The van der Waals surface area contributed by atoms with Gasteiger partial charge in [-0.3, -0.25) is 13.8 Å². The maximum absolute atomic E-state index is 11.6. The van der Waals surface area contributed by atoms with Crippen LogP contribution in [0.1, 0.15) is 46.5 Å². The smallest absolute Gasteiger partial charge is 0.370 e. The molecule has 0 aliphatic carbocycles. The SMILES string of the molecule is C=C(CCC(=[18O])CC)N1C[C@H](C)C[C@H]1COP(=O)(O)OCC. The summed E-state index contributed by atoms with van der Waals surface area (Å²) in [7, 11) is -3.97. The van der Waals surface area contributed by atoms with Crippen LogP contribution in [0.4, 0.5) is 0 Å². The largest absolute Gasteiger partial charge is 0.472 e. The quantitative estimate of drug-likeness (QED) is 0.488. The molecule has 1 unspecified atom stereocenters. The molecule has 0 bridgehead atoms. The van der Waals surface area contributed by atoms with Crippen molar-refractivity contribution in [3.05, 3.63) is 12.3 Å². The molecule has 1 aliphatic rings. The summed E-state index contributed by atoms with van der Waals surface area (Å²) in [6.07, 6.45) is 2.52. The van der Waals surface area contributed by atoms with Gasteiger partial charge >= 0.3 is 7.82 Å². The van der Waals surface area contributed by atoms with E-state index in [1.165, 1.54) is 0 Å². The molecule has 0 saturated carbocycles. The van der Waals surface area contributed by atoms with E-state index in [1.807, 2.05) is 6.92 Å². The van der Waals surface area contributed by atoms with Crippen molar-refractivity contribution in [3.8, 4) is 0 Å². The van der Waals surface area contributed by atoms with Gasteiger partial charge in [0.1, 0.15) is 5.78 Å². The molecule has 1 fully saturated rings. The molecule has 0 aromatic heterocycles. The number of Topliss-reactive ketones (excluding diaryl/α,β-unsaturated/α-hetero) is 1. The van der Waals surface area contributed by atoms with Gasteiger partial charge in [-0.2, -0.15) is 0 Å². The van der Waals surface area contributed by atoms with Gasteiger partial charge in [-0.25, -0.2) is 4.57 Å². The lowest BCUT2D eigenvalue weighted by Crippen LogP contribution is -2.32. The van der Waals surface area contributed by atoms with Gasteiger partial charge < -0.3 is 9.79 Å². The predicted molar refractivity (Wildman–Crippen MR) is 85.4 cm³/mol. The van der Waals surface area contributed by atoms with Crippen molar-refractivity contribution in [2.75, 3.05) is 19.8 Å². The summed E-state index contributed by atoms with van der Waals surface area (Å²) in [5.74, 6) is 0.676. The normalized spacial score (nSPS) is 24.3. The van der Waals surface area contributed by atoms with Crippen LogP contribution < -0.4 is 0 Å². The van der Waals surface area contributed by atoms with E-state index in [0.29, 0.717) is 25.2 Å². The molecule has 1 saturated heterocycles. The summed E-state index contributed by atoms with van der Waals surface area (Å²) in [5, 5.41) is 0. The molecule has 128 valence electrons. The third kappa shape index (κ3) is 6.21. The monoisotopic (exact) mass is 335 g/mol. The highest BCUT2D eigenvalue weighted by molar-refractivity contribution is 7.47. The van der Waals surface area contributed by atoms with Crippen LogP contribution in [0.5, 0.6) is 0 Å². The summed E-state index contributed by atoms with van der Waals surface area (Å²) < 4.78 is 21.4. The van der Waals surface area contributed by atoms with Gasteiger partial charge in [0.2, 0.25) is 0 Å². The topological polar surface area (TPSA) is 76.1 Å². The minimum absolute atomic E-state index is 0.000148. The second-order valence-electron chi connectivity index (χ2n) is 5.79. The Morgan fingerprint density at radius 1 is 1.41 bits per heavy atom. The summed E-state index contributed by atoms with van der Waals surface area (Å²) in [5.41, 5.74) is 0.893. The Kier molecular flexibility index (Phi) is 7.77. The Labute approximate surface area is 133 Å². The summed E-state index contributed by atoms with van der Waals surface area (Å²) in [6.45, 7) is 10.8. The molecule has 1 N–H and O–H groups in total. The van der Waals surface area contributed by atoms with E-state index in [4.69, 9.17) is 9.05 Å². The van der Waals surface area contributed by atoms with Crippen LogP contribution in [0, 0.1) is 5.92 Å². The number of phosphoric acid groups is 1. The summed E-state index contributed by atoms with van der Waals surface area (Å²) in [6, 6.07) is 0.000148. The summed E-state index contributed by atoms with van der Waals surface area (Å²) >= 11 is 0. The van der Waals surface area contributed by atoms with Crippen LogP contribution in [0.2, 0.25) is 0 Å². The van der Waals surface area contributed by atoms with E-state index in [9.17, 15) is 14.3 Å². The van der Waals surface area contributed by atoms with Crippen LogP contribution in [0.15, 0.2) is 12.3 Å². The molecule has 1 rings (SSSR count). The fourth-order valence-electron chi connectivity index (χ4n) is 2.68. The first kappa shape index (κ1) is 19.4. The minimum Gasteiger partial charge on any atom is -0.370 e. The van der Waals surface area contributed by atoms with E-state index in [2.05, 4.69) is 18.4 Å². The molecule has 3 atom stereocenters. The van der Waals surface area contributed by atoms with Gasteiger partial charge in [0.05, 0.1) is 19.3 Å². The molecular weight excluding hydrogens is 307 g/mol.